The Morgan fingerprint density at radius 1 is 1.58 bits per heavy atom. The summed E-state index contributed by atoms with van der Waals surface area (Å²) in [4.78, 5) is 13.8. The Morgan fingerprint density at radius 2 is 2.42 bits per heavy atom. The van der Waals surface area contributed by atoms with E-state index in [9.17, 15) is 9.90 Å². The molecule has 0 aromatic carbocycles. The molecule has 2 heterocycles. The number of likely N-dealkylation sites (N-methyl/N-ethyl adjacent to an activating group) is 1. The zero-order chi connectivity index (χ0) is 13.5. The van der Waals surface area contributed by atoms with Crippen LogP contribution in [0.3, 0.4) is 0 Å². The Balaban J connectivity index is 1.71. The van der Waals surface area contributed by atoms with Crippen molar-refractivity contribution in [2.45, 2.75) is 43.9 Å². The lowest BCUT2D eigenvalue weighted by Gasteiger charge is -2.33. The third-order valence-electron chi connectivity index (χ3n) is 4.56. The predicted molar refractivity (Wildman–Crippen MR) is 67.5 cm³/mol. The molecular weight excluding hydrogens is 246 g/mol. The molecule has 2 aliphatic rings. The molecule has 2 unspecified atom stereocenters. The van der Waals surface area contributed by atoms with Crippen LogP contribution < -0.4 is 5.32 Å². The Labute approximate surface area is 111 Å². The molecule has 1 aromatic rings. The van der Waals surface area contributed by atoms with Crippen LogP contribution in [0.4, 0.5) is 0 Å². The average molecular weight is 265 g/mol. The van der Waals surface area contributed by atoms with Gasteiger partial charge in [0.1, 0.15) is 17.7 Å². The topological polar surface area (TPSA) is 83.3 Å². The predicted octanol–water partition coefficient (Wildman–Crippen LogP) is -0.311. The molecule has 1 aliphatic carbocycles. The fourth-order valence-corrected chi connectivity index (χ4v) is 3.26. The van der Waals surface area contributed by atoms with Gasteiger partial charge >= 0.3 is 5.97 Å². The summed E-state index contributed by atoms with van der Waals surface area (Å²) in [5, 5.41) is 20.4. The highest BCUT2D eigenvalue weighted by Crippen LogP contribution is 2.34. The van der Waals surface area contributed by atoms with Crippen molar-refractivity contribution < 1.29 is 9.90 Å². The highest BCUT2D eigenvalue weighted by molar-refractivity contribution is 5.79. The SMILES string of the molecule is CNC1(C(=O)O)CCC(N2CCn3cnnc3C2)C1. The number of nitrogens with zero attached hydrogens (tertiary/aromatic N) is 4. The molecule has 2 N–H and O–H groups in total. The van der Waals surface area contributed by atoms with Crippen LogP contribution in [-0.4, -0.2) is 55.9 Å². The largest absolute Gasteiger partial charge is 0.480 e. The van der Waals surface area contributed by atoms with Crippen LogP contribution in [0.1, 0.15) is 25.1 Å². The van der Waals surface area contributed by atoms with Crippen LogP contribution in [0.2, 0.25) is 0 Å². The summed E-state index contributed by atoms with van der Waals surface area (Å²) in [6, 6.07) is 0.314. The molecule has 19 heavy (non-hydrogen) atoms. The third-order valence-corrected chi connectivity index (χ3v) is 4.56. The molecule has 0 amide bonds. The van der Waals surface area contributed by atoms with Crippen LogP contribution in [0, 0.1) is 0 Å². The van der Waals surface area contributed by atoms with Crippen molar-refractivity contribution in [2.75, 3.05) is 13.6 Å². The maximum absolute atomic E-state index is 11.4. The number of hydrogen-bond acceptors (Lipinski definition) is 5. The minimum Gasteiger partial charge on any atom is -0.480 e. The number of hydrogen-bond donors (Lipinski definition) is 2. The van der Waals surface area contributed by atoms with Gasteiger partial charge in [0.2, 0.25) is 0 Å². The van der Waals surface area contributed by atoms with E-state index in [4.69, 9.17) is 0 Å². The molecule has 1 saturated carbocycles. The van der Waals surface area contributed by atoms with Crippen molar-refractivity contribution in [3.05, 3.63) is 12.2 Å². The van der Waals surface area contributed by atoms with E-state index in [1.807, 2.05) is 0 Å². The van der Waals surface area contributed by atoms with Crippen LogP contribution in [0.25, 0.3) is 0 Å². The van der Waals surface area contributed by atoms with Crippen molar-refractivity contribution in [1.82, 2.24) is 25.0 Å². The van der Waals surface area contributed by atoms with Gasteiger partial charge in [-0.2, -0.15) is 0 Å². The summed E-state index contributed by atoms with van der Waals surface area (Å²) in [6.07, 6.45) is 4.03. The van der Waals surface area contributed by atoms with E-state index in [-0.39, 0.29) is 0 Å². The van der Waals surface area contributed by atoms with Gasteiger partial charge in [0.05, 0.1) is 6.54 Å². The van der Waals surface area contributed by atoms with E-state index < -0.39 is 11.5 Å². The second-order valence-corrected chi connectivity index (χ2v) is 5.44. The second-order valence-electron chi connectivity index (χ2n) is 5.44. The molecule has 1 fully saturated rings. The van der Waals surface area contributed by atoms with Gasteiger partial charge in [0.25, 0.3) is 0 Å². The highest BCUT2D eigenvalue weighted by Gasteiger charge is 2.46. The van der Waals surface area contributed by atoms with Crippen LogP contribution in [-0.2, 0) is 17.9 Å². The minimum absolute atomic E-state index is 0.314. The first-order valence-electron chi connectivity index (χ1n) is 6.68. The fourth-order valence-electron chi connectivity index (χ4n) is 3.26. The van der Waals surface area contributed by atoms with Crippen molar-refractivity contribution in [2.24, 2.45) is 0 Å². The summed E-state index contributed by atoms with van der Waals surface area (Å²) in [5.74, 6) is 0.237. The Bertz CT molecular complexity index is 488. The number of nitrogens with one attached hydrogen (secondary N) is 1. The molecule has 0 saturated heterocycles. The summed E-state index contributed by atoms with van der Waals surface area (Å²) in [5.41, 5.74) is -0.754. The summed E-state index contributed by atoms with van der Waals surface area (Å²) < 4.78 is 2.06. The minimum atomic E-state index is -0.754. The van der Waals surface area contributed by atoms with Gasteiger partial charge in [-0.1, -0.05) is 0 Å². The van der Waals surface area contributed by atoms with Crippen molar-refractivity contribution in [3.63, 3.8) is 0 Å². The van der Waals surface area contributed by atoms with Gasteiger partial charge in [0.15, 0.2) is 0 Å². The molecular formula is C12H19N5O2. The van der Waals surface area contributed by atoms with Crippen molar-refractivity contribution in [1.29, 1.82) is 0 Å². The third kappa shape index (κ3) is 2.02. The van der Waals surface area contributed by atoms with Crippen molar-refractivity contribution >= 4 is 5.97 Å². The first kappa shape index (κ1) is 12.6. The lowest BCUT2D eigenvalue weighted by atomic mass is 9.97. The number of fused-ring (bicyclic) bond motifs is 1. The number of carboxylic acids is 1. The van der Waals surface area contributed by atoms with E-state index in [2.05, 4.69) is 25.0 Å². The van der Waals surface area contributed by atoms with E-state index >= 15 is 0 Å². The van der Waals surface area contributed by atoms with Gasteiger partial charge < -0.3 is 15.0 Å². The quantitative estimate of drug-likeness (QED) is 0.780. The first-order valence-corrected chi connectivity index (χ1v) is 6.68. The Morgan fingerprint density at radius 3 is 3.11 bits per heavy atom. The smallest absolute Gasteiger partial charge is 0.323 e. The monoisotopic (exact) mass is 265 g/mol. The van der Waals surface area contributed by atoms with Gasteiger partial charge in [-0.05, 0) is 26.3 Å². The second kappa shape index (κ2) is 4.57. The molecule has 7 nitrogen and oxygen atoms in total. The van der Waals surface area contributed by atoms with Crippen LogP contribution >= 0.6 is 0 Å². The summed E-state index contributed by atoms with van der Waals surface area (Å²) in [6.45, 7) is 2.59. The molecule has 0 bridgehead atoms. The number of rotatable bonds is 3. The molecule has 2 atom stereocenters. The molecule has 0 spiro atoms. The normalized spacial score (nSPS) is 31.3. The molecule has 0 radical (unpaired) electrons. The lowest BCUT2D eigenvalue weighted by Crippen LogP contribution is -2.50. The first-order chi connectivity index (χ1) is 9.14. The van der Waals surface area contributed by atoms with Crippen LogP contribution in [0.15, 0.2) is 6.33 Å². The Kier molecular flexibility index (Phi) is 3.02. The molecule has 3 rings (SSSR count). The number of aliphatic carboxylic acids is 1. The van der Waals surface area contributed by atoms with Gasteiger partial charge in [-0.3, -0.25) is 9.69 Å². The van der Waals surface area contributed by atoms with Gasteiger partial charge in [-0.15, -0.1) is 10.2 Å². The fraction of sp³-hybridized carbons (Fsp3) is 0.750. The molecule has 104 valence electrons. The zero-order valence-corrected chi connectivity index (χ0v) is 11.0. The van der Waals surface area contributed by atoms with E-state index in [1.165, 1.54) is 0 Å². The van der Waals surface area contributed by atoms with Gasteiger partial charge in [-0.25, -0.2) is 0 Å². The number of carbonyl (C=O) groups is 1. The maximum Gasteiger partial charge on any atom is 0.323 e. The standard InChI is InChI=1S/C12H19N5O2/c1-13-12(11(18)19)3-2-9(6-12)16-4-5-17-8-14-15-10(17)7-16/h8-9,13H,2-7H2,1H3,(H,18,19). The highest BCUT2D eigenvalue weighted by atomic mass is 16.4. The Hall–Kier alpha value is -1.47. The molecule has 7 heteroatoms. The summed E-state index contributed by atoms with van der Waals surface area (Å²) in [7, 11) is 1.74. The van der Waals surface area contributed by atoms with E-state index in [0.29, 0.717) is 18.9 Å². The lowest BCUT2D eigenvalue weighted by molar-refractivity contribution is -0.144. The zero-order valence-electron chi connectivity index (χ0n) is 11.0. The van der Waals surface area contributed by atoms with E-state index in [0.717, 1.165) is 31.9 Å². The van der Waals surface area contributed by atoms with Crippen LogP contribution in [0.5, 0.6) is 0 Å². The van der Waals surface area contributed by atoms with Crippen molar-refractivity contribution in [3.8, 4) is 0 Å². The molecule has 1 aromatic heterocycles. The maximum atomic E-state index is 11.4. The average Bonchev–Trinajstić information content (AvgIpc) is 3.05. The summed E-state index contributed by atoms with van der Waals surface area (Å²) >= 11 is 0. The van der Waals surface area contributed by atoms with Gasteiger partial charge in [0, 0.05) is 19.1 Å². The number of aromatic nitrogens is 3. The number of carboxylic acid groups (broad SMARTS) is 1. The van der Waals surface area contributed by atoms with E-state index in [1.54, 1.807) is 13.4 Å². The molecule has 1 aliphatic heterocycles.